The van der Waals surface area contributed by atoms with E-state index in [1.165, 1.54) is 5.56 Å². The van der Waals surface area contributed by atoms with Gasteiger partial charge in [0.25, 0.3) is 0 Å². The molecule has 116 valence electrons. The molecule has 1 aliphatic heterocycles. The first-order valence-electron chi connectivity index (χ1n) is 7.76. The third-order valence-electron chi connectivity index (χ3n) is 4.09. The minimum atomic E-state index is 0.172. The van der Waals surface area contributed by atoms with E-state index < -0.39 is 0 Å². The SMILES string of the molecule is CC(C)OCCC(=O)N1C[C@@H](CN)[C@H](c2ccccc2)C1. The van der Waals surface area contributed by atoms with Crippen LogP contribution in [0.3, 0.4) is 0 Å². The number of likely N-dealkylation sites (tertiary alicyclic amines) is 1. The van der Waals surface area contributed by atoms with E-state index in [0.717, 1.165) is 13.1 Å². The topological polar surface area (TPSA) is 55.6 Å². The van der Waals surface area contributed by atoms with Gasteiger partial charge in [0.1, 0.15) is 0 Å². The summed E-state index contributed by atoms with van der Waals surface area (Å²) in [7, 11) is 0. The second-order valence-electron chi connectivity index (χ2n) is 5.98. The number of carbonyl (C=O) groups excluding carboxylic acids is 1. The van der Waals surface area contributed by atoms with E-state index >= 15 is 0 Å². The third kappa shape index (κ3) is 4.29. The van der Waals surface area contributed by atoms with Crippen LogP contribution >= 0.6 is 0 Å². The van der Waals surface area contributed by atoms with Gasteiger partial charge in [-0.2, -0.15) is 0 Å². The average Bonchev–Trinajstić information content (AvgIpc) is 2.92. The van der Waals surface area contributed by atoms with Crippen LogP contribution in [0.2, 0.25) is 0 Å². The smallest absolute Gasteiger partial charge is 0.224 e. The summed E-state index contributed by atoms with van der Waals surface area (Å²) in [6, 6.07) is 10.4. The van der Waals surface area contributed by atoms with E-state index in [4.69, 9.17) is 10.5 Å². The standard InChI is InChI=1S/C17H26N2O2/c1-13(2)21-9-8-17(20)19-11-15(10-18)16(12-19)14-6-4-3-5-7-14/h3-7,13,15-16H,8-12,18H2,1-2H3/t15-,16+/m1/s1. The highest BCUT2D eigenvalue weighted by Crippen LogP contribution is 2.32. The summed E-state index contributed by atoms with van der Waals surface area (Å²) >= 11 is 0. The Labute approximate surface area is 127 Å². The lowest BCUT2D eigenvalue weighted by Crippen LogP contribution is -2.30. The van der Waals surface area contributed by atoms with Crippen molar-refractivity contribution in [1.82, 2.24) is 4.90 Å². The molecule has 2 atom stereocenters. The third-order valence-corrected chi connectivity index (χ3v) is 4.09. The minimum Gasteiger partial charge on any atom is -0.378 e. The molecule has 1 fully saturated rings. The van der Waals surface area contributed by atoms with Crippen LogP contribution in [0.15, 0.2) is 30.3 Å². The fraction of sp³-hybridized carbons (Fsp3) is 0.588. The fourth-order valence-electron chi connectivity index (χ4n) is 2.93. The molecule has 1 aromatic rings. The van der Waals surface area contributed by atoms with Gasteiger partial charge in [-0.1, -0.05) is 30.3 Å². The van der Waals surface area contributed by atoms with Gasteiger partial charge in [0.15, 0.2) is 0 Å². The molecule has 2 N–H and O–H groups in total. The number of nitrogens with zero attached hydrogens (tertiary/aromatic N) is 1. The van der Waals surface area contributed by atoms with Gasteiger partial charge < -0.3 is 15.4 Å². The molecule has 4 heteroatoms. The Morgan fingerprint density at radius 2 is 2.05 bits per heavy atom. The van der Waals surface area contributed by atoms with Crippen LogP contribution in [-0.4, -0.2) is 43.2 Å². The predicted octanol–water partition coefficient (Wildman–Crippen LogP) is 2.00. The van der Waals surface area contributed by atoms with Crippen LogP contribution < -0.4 is 5.73 Å². The maximum Gasteiger partial charge on any atom is 0.224 e. The highest BCUT2D eigenvalue weighted by Gasteiger charge is 2.34. The molecule has 0 aromatic heterocycles. The molecule has 0 unspecified atom stereocenters. The first-order valence-corrected chi connectivity index (χ1v) is 7.76. The lowest BCUT2D eigenvalue weighted by atomic mass is 9.89. The van der Waals surface area contributed by atoms with Crippen molar-refractivity contribution in [3.05, 3.63) is 35.9 Å². The van der Waals surface area contributed by atoms with Crippen molar-refractivity contribution in [1.29, 1.82) is 0 Å². The molecule has 0 radical (unpaired) electrons. The highest BCUT2D eigenvalue weighted by atomic mass is 16.5. The summed E-state index contributed by atoms with van der Waals surface area (Å²) in [5.74, 6) is 0.876. The number of nitrogens with two attached hydrogens (primary N) is 1. The molecular weight excluding hydrogens is 264 g/mol. The monoisotopic (exact) mass is 290 g/mol. The number of benzene rings is 1. The Kier molecular flexibility index (Phi) is 5.76. The Morgan fingerprint density at radius 3 is 2.67 bits per heavy atom. The van der Waals surface area contributed by atoms with Crippen molar-refractivity contribution in [3.8, 4) is 0 Å². The number of ether oxygens (including phenoxy) is 1. The van der Waals surface area contributed by atoms with Crippen molar-refractivity contribution in [2.75, 3.05) is 26.2 Å². The Morgan fingerprint density at radius 1 is 1.33 bits per heavy atom. The fourth-order valence-corrected chi connectivity index (χ4v) is 2.93. The van der Waals surface area contributed by atoms with Gasteiger partial charge >= 0.3 is 0 Å². The van der Waals surface area contributed by atoms with Crippen LogP contribution in [-0.2, 0) is 9.53 Å². The van der Waals surface area contributed by atoms with Gasteiger partial charge in [-0.25, -0.2) is 0 Å². The summed E-state index contributed by atoms with van der Waals surface area (Å²) in [5, 5.41) is 0. The molecule has 1 aliphatic rings. The molecule has 1 heterocycles. The number of amides is 1. The lowest BCUT2D eigenvalue weighted by molar-refractivity contribution is -0.131. The van der Waals surface area contributed by atoms with Crippen molar-refractivity contribution in [2.24, 2.45) is 11.7 Å². The zero-order valence-corrected chi connectivity index (χ0v) is 13.0. The largest absolute Gasteiger partial charge is 0.378 e. The Bertz CT molecular complexity index is 447. The maximum atomic E-state index is 12.3. The molecule has 0 saturated carbocycles. The molecule has 1 aromatic carbocycles. The van der Waals surface area contributed by atoms with Crippen molar-refractivity contribution < 1.29 is 9.53 Å². The van der Waals surface area contributed by atoms with Crippen LogP contribution in [0, 0.1) is 5.92 Å². The zero-order valence-electron chi connectivity index (χ0n) is 13.0. The average molecular weight is 290 g/mol. The number of rotatable bonds is 6. The molecule has 0 spiro atoms. The van der Waals surface area contributed by atoms with Crippen LogP contribution in [0.4, 0.5) is 0 Å². The summed E-state index contributed by atoms with van der Waals surface area (Å²) in [4.78, 5) is 14.2. The number of carbonyl (C=O) groups is 1. The summed E-state index contributed by atoms with van der Waals surface area (Å²) in [6.07, 6.45) is 0.627. The first-order chi connectivity index (χ1) is 10.1. The van der Waals surface area contributed by atoms with E-state index in [0.29, 0.717) is 31.4 Å². The molecule has 2 rings (SSSR count). The van der Waals surface area contributed by atoms with Crippen LogP contribution in [0.5, 0.6) is 0 Å². The van der Waals surface area contributed by atoms with Crippen LogP contribution in [0.25, 0.3) is 0 Å². The molecular formula is C17H26N2O2. The Hall–Kier alpha value is -1.39. The van der Waals surface area contributed by atoms with E-state index in [-0.39, 0.29) is 12.0 Å². The molecule has 0 bridgehead atoms. The van der Waals surface area contributed by atoms with Crippen molar-refractivity contribution in [2.45, 2.75) is 32.3 Å². The minimum absolute atomic E-state index is 0.172. The quantitative estimate of drug-likeness (QED) is 0.872. The van der Waals surface area contributed by atoms with E-state index in [2.05, 4.69) is 12.1 Å². The summed E-state index contributed by atoms with van der Waals surface area (Å²) < 4.78 is 5.46. The molecule has 4 nitrogen and oxygen atoms in total. The maximum absolute atomic E-state index is 12.3. The van der Waals surface area contributed by atoms with E-state index in [9.17, 15) is 4.79 Å². The summed E-state index contributed by atoms with van der Waals surface area (Å²) in [6.45, 7) is 6.61. The number of hydrogen-bond acceptors (Lipinski definition) is 3. The molecule has 21 heavy (non-hydrogen) atoms. The highest BCUT2D eigenvalue weighted by molar-refractivity contribution is 5.76. The van der Waals surface area contributed by atoms with Crippen molar-refractivity contribution in [3.63, 3.8) is 0 Å². The second kappa shape index (κ2) is 7.57. The van der Waals surface area contributed by atoms with Gasteiger partial charge in [0.05, 0.1) is 19.1 Å². The van der Waals surface area contributed by atoms with Gasteiger partial charge in [-0.15, -0.1) is 0 Å². The van der Waals surface area contributed by atoms with Gasteiger partial charge in [0.2, 0.25) is 5.91 Å². The molecule has 1 saturated heterocycles. The van der Waals surface area contributed by atoms with Crippen molar-refractivity contribution >= 4 is 5.91 Å². The van der Waals surface area contributed by atoms with Gasteiger partial charge in [-0.3, -0.25) is 4.79 Å². The normalized spacial score (nSPS) is 22.0. The predicted molar refractivity (Wildman–Crippen MR) is 84.0 cm³/mol. The Balaban J connectivity index is 1.94. The first kappa shape index (κ1) is 16.0. The lowest BCUT2D eigenvalue weighted by Gasteiger charge is -2.17. The van der Waals surface area contributed by atoms with E-state index in [1.54, 1.807) is 0 Å². The second-order valence-corrected chi connectivity index (χ2v) is 5.98. The molecule has 0 aliphatic carbocycles. The van der Waals surface area contributed by atoms with Crippen LogP contribution in [0.1, 0.15) is 31.7 Å². The molecule has 1 amide bonds. The van der Waals surface area contributed by atoms with Gasteiger partial charge in [0, 0.05) is 19.0 Å². The van der Waals surface area contributed by atoms with Gasteiger partial charge in [-0.05, 0) is 31.9 Å². The number of hydrogen-bond donors (Lipinski definition) is 1. The summed E-state index contributed by atoms with van der Waals surface area (Å²) in [5.41, 5.74) is 7.18. The zero-order chi connectivity index (χ0) is 15.2. The van der Waals surface area contributed by atoms with E-state index in [1.807, 2.05) is 36.9 Å².